The number of β-lactam (4-membered cyclic amide) rings is 1. The van der Waals surface area contributed by atoms with E-state index in [-0.39, 0.29) is 23.1 Å². The first-order chi connectivity index (χ1) is 10.8. The minimum atomic E-state index is -1.21. The second-order valence-corrected chi connectivity index (χ2v) is 5.79. The number of nitrogens with one attached hydrogen (secondary N) is 1. The summed E-state index contributed by atoms with van der Waals surface area (Å²) in [7, 11) is 1.28. The maximum atomic E-state index is 12.3. The Hall–Kier alpha value is -2.69. The minimum Gasteiger partial charge on any atom is -0.398 e. The molecule has 0 radical (unpaired) electrons. The number of amides is 2. The van der Waals surface area contributed by atoms with Gasteiger partial charge in [0.2, 0.25) is 0 Å². The number of anilines is 1. The van der Waals surface area contributed by atoms with Crippen molar-refractivity contribution in [3.8, 4) is 0 Å². The predicted octanol–water partition coefficient (Wildman–Crippen LogP) is -0.729. The number of nitrogens with two attached hydrogens (primary N) is 1. The van der Waals surface area contributed by atoms with Gasteiger partial charge in [-0.3, -0.25) is 14.4 Å². The van der Waals surface area contributed by atoms with E-state index in [0.717, 1.165) is 16.4 Å². The maximum Gasteiger partial charge on any atom is 0.329 e. The van der Waals surface area contributed by atoms with Gasteiger partial charge in [-0.1, -0.05) is 5.16 Å². The van der Waals surface area contributed by atoms with Crippen LogP contribution in [0.2, 0.25) is 0 Å². The van der Waals surface area contributed by atoms with Crippen LogP contribution in [-0.2, 0) is 24.1 Å². The fourth-order valence-corrected chi connectivity index (χ4v) is 2.48. The molecule has 0 saturated carbocycles. The van der Waals surface area contributed by atoms with Crippen molar-refractivity contribution in [3.05, 3.63) is 11.1 Å². The van der Waals surface area contributed by atoms with Gasteiger partial charge >= 0.3 is 5.97 Å². The second kappa shape index (κ2) is 6.20. The number of rotatable bonds is 5. The van der Waals surface area contributed by atoms with Crippen LogP contribution in [0.3, 0.4) is 0 Å². The van der Waals surface area contributed by atoms with Gasteiger partial charge in [0.1, 0.15) is 18.3 Å². The van der Waals surface area contributed by atoms with Crippen molar-refractivity contribution in [3.63, 3.8) is 0 Å². The average Bonchev–Trinajstić information content (AvgIpc) is 2.89. The van der Waals surface area contributed by atoms with Crippen molar-refractivity contribution >= 4 is 40.0 Å². The van der Waals surface area contributed by atoms with Crippen LogP contribution in [0, 0.1) is 0 Å². The largest absolute Gasteiger partial charge is 0.398 e. The van der Waals surface area contributed by atoms with Crippen LogP contribution in [-0.4, -0.2) is 52.7 Å². The lowest BCUT2D eigenvalue weighted by atomic mass is 9.92. The summed E-state index contributed by atoms with van der Waals surface area (Å²) in [5.41, 5.74) is 4.45. The van der Waals surface area contributed by atoms with Gasteiger partial charge in [0.15, 0.2) is 10.8 Å². The van der Waals surface area contributed by atoms with Gasteiger partial charge in [-0.15, -0.1) is 11.3 Å². The fourth-order valence-electron chi connectivity index (χ4n) is 1.93. The summed E-state index contributed by atoms with van der Waals surface area (Å²) < 4.78 is 0. The van der Waals surface area contributed by atoms with Gasteiger partial charge in [-0.25, -0.2) is 4.98 Å². The van der Waals surface area contributed by atoms with Gasteiger partial charge < -0.3 is 20.7 Å². The number of carbonyl (C=O) groups excluding carboxylic acids is 3. The molecule has 1 fully saturated rings. The number of thiazole rings is 1. The normalized spacial score (nSPS) is 20.7. The van der Waals surface area contributed by atoms with Crippen LogP contribution in [0.1, 0.15) is 19.5 Å². The first kappa shape index (κ1) is 16.7. The third-order valence-corrected chi connectivity index (χ3v) is 3.62. The van der Waals surface area contributed by atoms with E-state index < -0.39 is 23.3 Å². The van der Waals surface area contributed by atoms with E-state index in [1.807, 2.05) is 0 Å². The van der Waals surface area contributed by atoms with Gasteiger partial charge in [0.05, 0.1) is 6.54 Å². The minimum absolute atomic E-state index is 0.0244. The van der Waals surface area contributed by atoms with Crippen LogP contribution in [0.5, 0.6) is 0 Å². The second-order valence-electron chi connectivity index (χ2n) is 4.90. The van der Waals surface area contributed by atoms with Crippen molar-refractivity contribution in [2.45, 2.75) is 19.4 Å². The number of carbonyl (C=O) groups is 3. The molecular formula is C12H15N5O5S. The summed E-state index contributed by atoms with van der Waals surface area (Å²) in [4.78, 5) is 48.5. The molecule has 0 spiro atoms. The number of nitrogen functional groups attached to an aromatic ring is 1. The third kappa shape index (κ3) is 3.39. The Kier molecular flexibility index (Phi) is 4.50. The Morgan fingerprint density at radius 1 is 1.57 bits per heavy atom. The molecule has 0 aromatic carbocycles. The SMILES string of the molecule is CON=C(C(=O)NC1(C)CN(OC(C)=O)C1=O)c1csc(N)n1. The van der Waals surface area contributed by atoms with Crippen molar-refractivity contribution in [1.29, 1.82) is 0 Å². The Balaban J connectivity index is 2.10. The lowest BCUT2D eigenvalue weighted by Crippen LogP contribution is -2.73. The first-order valence-corrected chi connectivity index (χ1v) is 7.30. The zero-order chi connectivity index (χ0) is 17.2. The van der Waals surface area contributed by atoms with Gasteiger partial charge in [-0.05, 0) is 6.92 Å². The van der Waals surface area contributed by atoms with Gasteiger partial charge in [0, 0.05) is 12.3 Å². The molecule has 1 aliphatic heterocycles. The molecule has 1 aromatic heterocycles. The summed E-state index contributed by atoms with van der Waals surface area (Å²) in [6.45, 7) is 2.71. The van der Waals surface area contributed by atoms with Gasteiger partial charge in [-0.2, -0.15) is 5.06 Å². The molecule has 1 unspecified atom stereocenters. The van der Waals surface area contributed by atoms with E-state index >= 15 is 0 Å². The van der Waals surface area contributed by atoms with E-state index in [9.17, 15) is 14.4 Å². The molecule has 23 heavy (non-hydrogen) atoms. The molecule has 0 bridgehead atoms. The molecule has 3 N–H and O–H groups in total. The molecule has 2 amide bonds. The van der Waals surface area contributed by atoms with Crippen molar-refractivity contribution < 1.29 is 24.1 Å². The standard InChI is InChI=1S/C12H15N5O5S/c1-6(18)22-17-5-12(2,10(17)20)15-9(19)8(16-21-3)7-4-23-11(13)14-7/h4H,5H2,1-3H3,(H2,13,14)(H,15,19). The lowest BCUT2D eigenvalue weighted by molar-refractivity contribution is -0.223. The van der Waals surface area contributed by atoms with Crippen molar-refractivity contribution in [2.24, 2.45) is 5.16 Å². The van der Waals surface area contributed by atoms with E-state index in [1.165, 1.54) is 21.0 Å². The highest BCUT2D eigenvalue weighted by Gasteiger charge is 2.52. The van der Waals surface area contributed by atoms with Crippen molar-refractivity contribution in [1.82, 2.24) is 15.4 Å². The predicted molar refractivity (Wildman–Crippen MR) is 80.1 cm³/mol. The highest BCUT2D eigenvalue weighted by Crippen LogP contribution is 2.23. The van der Waals surface area contributed by atoms with Crippen molar-refractivity contribution in [2.75, 3.05) is 19.4 Å². The lowest BCUT2D eigenvalue weighted by Gasteiger charge is -2.44. The highest BCUT2D eigenvalue weighted by atomic mass is 32.1. The number of hydrogen-bond acceptors (Lipinski definition) is 9. The zero-order valence-corrected chi connectivity index (χ0v) is 13.5. The Morgan fingerprint density at radius 2 is 2.26 bits per heavy atom. The molecule has 2 heterocycles. The Bertz CT molecular complexity index is 687. The Labute approximate surface area is 135 Å². The molecule has 124 valence electrons. The number of hydrogen-bond donors (Lipinski definition) is 2. The summed E-state index contributed by atoms with van der Waals surface area (Å²) in [6.07, 6.45) is 0. The zero-order valence-electron chi connectivity index (χ0n) is 12.7. The summed E-state index contributed by atoms with van der Waals surface area (Å²) in [6, 6.07) is 0. The van der Waals surface area contributed by atoms with Crippen LogP contribution >= 0.6 is 11.3 Å². The average molecular weight is 341 g/mol. The van der Waals surface area contributed by atoms with E-state index in [1.54, 1.807) is 5.38 Å². The Morgan fingerprint density at radius 3 is 2.74 bits per heavy atom. The monoisotopic (exact) mass is 341 g/mol. The van der Waals surface area contributed by atoms with E-state index in [2.05, 4.69) is 25.1 Å². The third-order valence-electron chi connectivity index (χ3n) is 2.95. The molecular weight excluding hydrogens is 326 g/mol. The van der Waals surface area contributed by atoms with Gasteiger partial charge in [0.25, 0.3) is 11.8 Å². The molecule has 10 nitrogen and oxygen atoms in total. The summed E-state index contributed by atoms with van der Waals surface area (Å²) in [5, 5.41) is 8.84. The molecule has 1 aromatic rings. The number of aromatic nitrogens is 1. The van der Waals surface area contributed by atoms with Crippen LogP contribution in [0.25, 0.3) is 0 Å². The van der Waals surface area contributed by atoms with Crippen LogP contribution < -0.4 is 11.1 Å². The summed E-state index contributed by atoms with van der Waals surface area (Å²) in [5.74, 6) is -1.82. The summed E-state index contributed by atoms with van der Waals surface area (Å²) >= 11 is 1.14. The number of hydroxylamine groups is 2. The smallest absolute Gasteiger partial charge is 0.329 e. The highest BCUT2D eigenvalue weighted by molar-refractivity contribution is 7.13. The molecule has 2 rings (SSSR count). The van der Waals surface area contributed by atoms with Crippen LogP contribution in [0.4, 0.5) is 5.13 Å². The molecule has 0 aliphatic carbocycles. The molecule has 1 aliphatic rings. The number of oxime groups is 1. The molecule has 1 saturated heterocycles. The quantitative estimate of drug-likeness (QED) is 0.409. The van der Waals surface area contributed by atoms with E-state index in [4.69, 9.17) is 5.73 Å². The molecule has 11 heteroatoms. The first-order valence-electron chi connectivity index (χ1n) is 6.42. The number of nitrogens with zero attached hydrogens (tertiary/aromatic N) is 3. The topological polar surface area (TPSA) is 136 Å². The van der Waals surface area contributed by atoms with Crippen LogP contribution in [0.15, 0.2) is 10.5 Å². The molecule has 1 atom stereocenters. The maximum absolute atomic E-state index is 12.3. The van der Waals surface area contributed by atoms with E-state index in [0.29, 0.717) is 0 Å². The fraction of sp³-hybridized carbons (Fsp3) is 0.417.